The summed E-state index contributed by atoms with van der Waals surface area (Å²) >= 11 is 0. The third-order valence-electron chi connectivity index (χ3n) is 6.11. The minimum atomic E-state index is -3.02. The summed E-state index contributed by atoms with van der Waals surface area (Å²) in [4.78, 5) is 2.20. The second-order valence-corrected chi connectivity index (χ2v) is 10.9. The Balaban J connectivity index is 1.83. The van der Waals surface area contributed by atoms with Crippen LogP contribution in [0, 0.1) is 0 Å². The van der Waals surface area contributed by atoms with E-state index in [1.165, 1.54) is 89.9 Å². The number of sulfonamides is 1. The maximum atomic E-state index is 12.3. The number of likely N-dealkylation sites (N-methyl/N-ethyl adjacent to an activating group) is 1. The monoisotopic (exact) mass is 416 g/mol. The molecule has 1 fully saturated rings. The molecule has 0 aliphatic carbocycles. The lowest BCUT2D eigenvalue weighted by Crippen LogP contribution is -2.47. The number of nitrogens with zero attached hydrogens (tertiary/aromatic N) is 2. The van der Waals surface area contributed by atoms with Crippen LogP contribution in [0.4, 0.5) is 0 Å². The van der Waals surface area contributed by atoms with Gasteiger partial charge in [0.15, 0.2) is 0 Å². The summed E-state index contributed by atoms with van der Waals surface area (Å²) in [5.74, 6) is 0.342. The van der Waals surface area contributed by atoms with Gasteiger partial charge >= 0.3 is 0 Å². The summed E-state index contributed by atoms with van der Waals surface area (Å²) in [6.45, 7) is 5.33. The van der Waals surface area contributed by atoms with Crippen molar-refractivity contribution in [3.63, 3.8) is 0 Å². The smallest absolute Gasteiger partial charge is 0.214 e. The minimum Gasteiger partial charge on any atom is -0.304 e. The number of rotatable bonds is 18. The van der Waals surface area contributed by atoms with Crippen LogP contribution in [0.3, 0.4) is 0 Å². The summed E-state index contributed by atoms with van der Waals surface area (Å²) in [6.07, 6.45) is 21.1. The fourth-order valence-electron chi connectivity index (χ4n) is 4.03. The lowest BCUT2D eigenvalue weighted by atomic mass is 10.0. The van der Waals surface area contributed by atoms with Gasteiger partial charge in [0.25, 0.3) is 0 Å². The lowest BCUT2D eigenvalue weighted by molar-refractivity contribution is 0.222. The molecule has 0 aromatic heterocycles. The fraction of sp³-hybridized carbons (Fsp3) is 1.00. The molecule has 0 saturated carbocycles. The molecule has 4 nitrogen and oxygen atoms in total. The van der Waals surface area contributed by atoms with E-state index in [0.29, 0.717) is 18.8 Å². The fourth-order valence-corrected chi connectivity index (χ4v) is 5.57. The molecule has 1 aliphatic rings. The maximum Gasteiger partial charge on any atom is 0.214 e. The van der Waals surface area contributed by atoms with E-state index in [1.54, 1.807) is 4.31 Å². The van der Waals surface area contributed by atoms with Crippen molar-refractivity contribution in [2.75, 3.05) is 39.0 Å². The van der Waals surface area contributed by atoms with Crippen LogP contribution in [-0.2, 0) is 10.0 Å². The summed E-state index contributed by atoms with van der Waals surface area (Å²) in [6, 6.07) is 0. The van der Waals surface area contributed by atoms with Gasteiger partial charge in [-0.25, -0.2) is 8.42 Å². The van der Waals surface area contributed by atoms with Crippen molar-refractivity contribution in [2.24, 2.45) is 0 Å². The van der Waals surface area contributed by atoms with Gasteiger partial charge in [0.05, 0.1) is 5.75 Å². The maximum absolute atomic E-state index is 12.3. The van der Waals surface area contributed by atoms with Gasteiger partial charge in [-0.05, 0) is 13.5 Å². The van der Waals surface area contributed by atoms with Crippen molar-refractivity contribution in [2.45, 2.75) is 110 Å². The summed E-state index contributed by atoms with van der Waals surface area (Å²) in [7, 11) is -0.964. The van der Waals surface area contributed by atoms with Crippen LogP contribution < -0.4 is 0 Å². The Morgan fingerprint density at radius 3 is 1.32 bits per heavy atom. The highest BCUT2D eigenvalue weighted by atomic mass is 32.2. The van der Waals surface area contributed by atoms with E-state index in [9.17, 15) is 8.42 Å². The number of unbranched alkanes of at least 4 members (excludes halogenated alkanes) is 15. The highest BCUT2D eigenvalue weighted by Crippen LogP contribution is 2.14. The van der Waals surface area contributed by atoms with Gasteiger partial charge in [-0.3, -0.25) is 0 Å². The zero-order chi connectivity index (χ0) is 20.5. The first kappa shape index (κ1) is 25.9. The molecule has 1 rings (SSSR count). The minimum absolute atomic E-state index is 0.342. The van der Waals surface area contributed by atoms with E-state index in [-0.39, 0.29) is 0 Å². The first-order valence-electron chi connectivity index (χ1n) is 12.2. The molecule has 0 amide bonds. The Kier molecular flexibility index (Phi) is 15.4. The number of hydrogen-bond donors (Lipinski definition) is 0. The first-order chi connectivity index (χ1) is 13.6. The third-order valence-corrected chi connectivity index (χ3v) is 8.07. The van der Waals surface area contributed by atoms with Crippen molar-refractivity contribution in [1.29, 1.82) is 0 Å². The predicted octanol–water partition coefficient (Wildman–Crippen LogP) is 5.83. The second kappa shape index (κ2) is 16.6. The van der Waals surface area contributed by atoms with Crippen molar-refractivity contribution in [3.8, 4) is 0 Å². The third kappa shape index (κ3) is 13.2. The van der Waals surface area contributed by atoms with Gasteiger partial charge in [0.2, 0.25) is 10.0 Å². The van der Waals surface area contributed by atoms with Gasteiger partial charge in [-0.1, -0.05) is 103 Å². The largest absolute Gasteiger partial charge is 0.304 e. The molecule has 0 aromatic rings. The van der Waals surface area contributed by atoms with Crippen LogP contribution in [0.15, 0.2) is 0 Å². The standard InChI is InChI=1S/C23H48N2O2S/c1-3-4-5-6-7-8-9-10-11-12-13-14-15-16-17-18-23-28(26,27)25-21-19-24(2)20-22-25/h3-23H2,1-2H3. The van der Waals surface area contributed by atoms with E-state index in [1.807, 2.05) is 0 Å². The first-order valence-corrected chi connectivity index (χ1v) is 13.8. The summed E-state index contributed by atoms with van der Waals surface area (Å²) < 4.78 is 26.4. The van der Waals surface area contributed by atoms with Gasteiger partial charge in [-0.2, -0.15) is 4.31 Å². The zero-order valence-corrected chi connectivity index (χ0v) is 19.8. The van der Waals surface area contributed by atoms with Crippen molar-refractivity contribution >= 4 is 10.0 Å². The van der Waals surface area contributed by atoms with Crippen LogP contribution in [0.1, 0.15) is 110 Å². The molecule has 0 unspecified atom stereocenters. The van der Waals surface area contributed by atoms with E-state index in [4.69, 9.17) is 0 Å². The number of hydrogen-bond acceptors (Lipinski definition) is 3. The molecule has 0 atom stereocenters. The van der Waals surface area contributed by atoms with Gasteiger partial charge in [0.1, 0.15) is 0 Å². The Morgan fingerprint density at radius 1 is 0.571 bits per heavy atom. The highest BCUT2D eigenvalue weighted by molar-refractivity contribution is 7.89. The van der Waals surface area contributed by atoms with Crippen LogP contribution in [-0.4, -0.2) is 56.6 Å². The predicted molar refractivity (Wildman–Crippen MR) is 122 cm³/mol. The van der Waals surface area contributed by atoms with Crippen molar-refractivity contribution in [3.05, 3.63) is 0 Å². The number of piperazine rings is 1. The topological polar surface area (TPSA) is 40.6 Å². The highest BCUT2D eigenvalue weighted by Gasteiger charge is 2.24. The molecular formula is C23H48N2O2S. The molecule has 1 saturated heterocycles. The Morgan fingerprint density at radius 2 is 0.929 bits per heavy atom. The normalized spacial score (nSPS) is 16.6. The molecular weight excluding hydrogens is 368 g/mol. The summed E-state index contributed by atoms with van der Waals surface area (Å²) in [5.41, 5.74) is 0. The zero-order valence-electron chi connectivity index (χ0n) is 19.0. The van der Waals surface area contributed by atoms with Crippen LogP contribution in [0.5, 0.6) is 0 Å². The Hall–Kier alpha value is -0.130. The van der Waals surface area contributed by atoms with E-state index in [2.05, 4.69) is 18.9 Å². The summed E-state index contributed by atoms with van der Waals surface area (Å²) in [5, 5.41) is 0. The second-order valence-electron chi connectivity index (χ2n) is 8.82. The Labute approximate surface area is 176 Å². The molecule has 28 heavy (non-hydrogen) atoms. The molecule has 0 spiro atoms. The van der Waals surface area contributed by atoms with Crippen LogP contribution >= 0.6 is 0 Å². The molecule has 5 heteroatoms. The van der Waals surface area contributed by atoms with E-state index in [0.717, 1.165) is 25.9 Å². The molecule has 1 aliphatic heterocycles. The van der Waals surface area contributed by atoms with Crippen molar-refractivity contribution < 1.29 is 8.42 Å². The van der Waals surface area contributed by atoms with Gasteiger partial charge < -0.3 is 4.90 Å². The molecule has 0 N–H and O–H groups in total. The molecule has 0 aromatic carbocycles. The quantitative estimate of drug-likeness (QED) is 0.264. The molecule has 0 radical (unpaired) electrons. The van der Waals surface area contributed by atoms with Crippen LogP contribution in [0.2, 0.25) is 0 Å². The van der Waals surface area contributed by atoms with Gasteiger partial charge in [-0.15, -0.1) is 0 Å². The average Bonchev–Trinajstić information content (AvgIpc) is 2.68. The molecule has 1 heterocycles. The Bertz CT molecular complexity index is 446. The van der Waals surface area contributed by atoms with E-state index < -0.39 is 10.0 Å². The SMILES string of the molecule is CCCCCCCCCCCCCCCCCCS(=O)(=O)N1CCN(C)CC1. The van der Waals surface area contributed by atoms with Gasteiger partial charge in [0, 0.05) is 26.2 Å². The molecule has 0 bridgehead atoms. The molecule has 168 valence electrons. The van der Waals surface area contributed by atoms with E-state index >= 15 is 0 Å². The van der Waals surface area contributed by atoms with Crippen molar-refractivity contribution in [1.82, 2.24) is 9.21 Å². The van der Waals surface area contributed by atoms with Crippen LogP contribution in [0.25, 0.3) is 0 Å². The average molecular weight is 417 g/mol. The lowest BCUT2D eigenvalue weighted by Gasteiger charge is -2.31.